The lowest BCUT2D eigenvalue weighted by molar-refractivity contribution is -0.192. The molecule has 1 fully saturated rings. The van der Waals surface area contributed by atoms with Crippen molar-refractivity contribution in [3.05, 3.63) is 17.2 Å². The number of nitrogens with one attached hydrogen (secondary N) is 3. The van der Waals surface area contributed by atoms with Gasteiger partial charge in [-0.1, -0.05) is 37.7 Å². The number of amides is 2. The second kappa shape index (κ2) is 13.4. The number of anilines is 1. The Labute approximate surface area is 200 Å². The maximum atomic E-state index is 12.5. The molecule has 1 aliphatic heterocycles. The van der Waals surface area contributed by atoms with Crippen molar-refractivity contribution in [2.75, 3.05) is 11.9 Å². The molecular weight excluding hydrogens is 508 g/mol. The molecular formula is C19H25F6N5O4S. The zero-order valence-corrected chi connectivity index (χ0v) is 19.5. The summed E-state index contributed by atoms with van der Waals surface area (Å²) in [5.41, 5.74) is 0. The Morgan fingerprint density at radius 3 is 2.26 bits per heavy atom. The summed E-state index contributed by atoms with van der Waals surface area (Å²) in [7, 11) is 0. The molecule has 2 rings (SSSR count). The lowest BCUT2D eigenvalue weighted by Gasteiger charge is -2.25. The topological polar surface area (TPSA) is 133 Å². The third kappa shape index (κ3) is 12.0. The van der Waals surface area contributed by atoms with Gasteiger partial charge in [0.2, 0.25) is 22.0 Å². The number of halogens is 6. The van der Waals surface area contributed by atoms with Crippen LogP contribution < -0.4 is 16.0 Å². The normalized spacial score (nSPS) is 17.5. The zero-order valence-electron chi connectivity index (χ0n) is 18.7. The highest BCUT2D eigenvalue weighted by molar-refractivity contribution is 7.15. The molecule has 198 valence electrons. The standard InChI is InChI=1S/C17H24F3N5O2S.C2HF3O2/c1-10(2)9-11(22-14(27)12-5-3-4-8-21-12)6-7-13(26)23-16-25-24-15(28-16)17(18,19)20;3-2(4,5)1(6)7/h6-7,10-12,21H,3-5,8-9H2,1-2H3,(H,22,27)(H,23,25,26);(H,6,7)/t11-,12+;/m1./s1. The van der Waals surface area contributed by atoms with Crippen molar-refractivity contribution in [2.24, 2.45) is 5.92 Å². The molecule has 1 saturated heterocycles. The van der Waals surface area contributed by atoms with Crippen LogP contribution in [-0.4, -0.2) is 57.9 Å². The van der Waals surface area contributed by atoms with Crippen molar-refractivity contribution < 1.29 is 45.8 Å². The summed E-state index contributed by atoms with van der Waals surface area (Å²) in [6, 6.07) is -0.602. The smallest absolute Gasteiger partial charge is 0.475 e. The molecule has 0 saturated carbocycles. The van der Waals surface area contributed by atoms with Crippen molar-refractivity contribution in [3.8, 4) is 0 Å². The number of hydrogen-bond donors (Lipinski definition) is 4. The number of carboxylic acids is 1. The predicted octanol–water partition coefficient (Wildman–Crippen LogP) is 3.36. The van der Waals surface area contributed by atoms with Crippen LogP contribution in [0.4, 0.5) is 31.5 Å². The third-order valence-electron chi connectivity index (χ3n) is 4.30. The number of carbonyl (C=O) groups excluding carboxylic acids is 2. The van der Waals surface area contributed by atoms with E-state index in [0.717, 1.165) is 25.8 Å². The van der Waals surface area contributed by atoms with Crippen molar-refractivity contribution in [1.29, 1.82) is 0 Å². The van der Waals surface area contributed by atoms with Gasteiger partial charge in [0, 0.05) is 12.1 Å². The molecule has 0 bridgehead atoms. The number of alkyl halides is 6. The van der Waals surface area contributed by atoms with Gasteiger partial charge in [-0.2, -0.15) is 26.3 Å². The Bertz CT molecular complexity index is 882. The van der Waals surface area contributed by atoms with Gasteiger partial charge in [-0.25, -0.2) is 4.79 Å². The molecule has 0 spiro atoms. The van der Waals surface area contributed by atoms with E-state index in [1.807, 2.05) is 13.8 Å². The fourth-order valence-corrected chi connectivity index (χ4v) is 3.41. The van der Waals surface area contributed by atoms with Gasteiger partial charge in [0.25, 0.3) is 0 Å². The highest BCUT2D eigenvalue weighted by Gasteiger charge is 2.38. The monoisotopic (exact) mass is 533 g/mol. The molecule has 35 heavy (non-hydrogen) atoms. The Morgan fingerprint density at radius 1 is 1.17 bits per heavy atom. The number of hydrogen-bond acceptors (Lipinski definition) is 7. The second-order valence-electron chi connectivity index (χ2n) is 7.81. The minimum atomic E-state index is -5.08. The average Bonchev–Trinajstić information content (AvgIpc) is 3.21. The molecule has 4 N–H and O–H groups in total. The molecule has 1 aromatic rings. The lowest BCUT2D eigenvalue weighted by atomic mass is 10.0. The number of rotatable bonds is 7. The third-order valence-corrected chi connectivity index (χ3v) is 5.18. The van der Waals surface area contributed by atoms with E-state index in [9.17, 15) is 35.9 Å². The van der Waals surface area contributed by atoms with Crippen LogP contribution in [0.25, 0.3) is 0 Å². The highest BCUT2D eigenvalue weighted by Crippen LogP contribution is 2.32. The van der Waals surface area contributed by atoms with Crippen LogP contribution in [0.3, 0.4) is 0 Å². The van der Waals surface area contributed by atoms with Gasteiger partial charge >= 0.3 is 18.3 Å². The molecule has 2 atom stereocenters. The first-order chi connectivity index (χ1) is 16.1. The maximum absolute atomic E-state index is 12.5. The summed E-state index contributed by atoms with van der Waals surface area (Å²) in [5.74, 6) is -3.24. The molecule has 9 nitrogen and oxygen atoms in total. The second-order valence-corrected chi connectivity index (χ2v) is 8.79. The molecule has 2 heterocycles. The van der Waals surface area contributed by atoms with E-state index in [1.165, 1.54) is 6.08 Å². The molecule has 1 aromatic heterocycles. The molecule has 2 amide bonds. The summed E-state index contributed by atoms with van der Waals surface area (Å²) in [4.78, 5) is 33.3. The average molecular weight is 533 g/mol. The molecule has 0 aromatic carbocycles. The van der Waals surface area contributed by atoms with E-state index in [0.29, 0.717) is 6.42 Å². The lowest BCUT2D eigenvalue weighted by Crippen LogP contribution is -2.49. The molecule has 16 heteroatoms. The summed E-state index contributed by atoms with van der Waals surface area (Å²) in [5, 5.41) is 20.4. The zero-order chi connectivity index (χ0) is 26.8. The number of aromatic nitrogens is 2. The predicted molar refractivity (Wildman–Crippen MR) is 113 cm³/mol. The summed E-state index contributed by atoms with van der Waals surface area (Å²) in [6.45, 7) is 4.78. The van der Waals surface area contributed by atoms with E-state index < -0.39 is 29.2 Å². The number of aliphatic carboxylic acids is 1. The van der Waals surface area contributed by atoms with Crippen LogP contribution in [0.1, 0.15) is 44.5 Å². The van der Waals surface area contributed by atoms with Gasteiger partial charge in [0.15, 0.2) is 0 Å². The SMILES string of the molecule is CC(C)C[C@@H](C=CC(=O)Nc1nnc(C(F)(F)F)s1)NC(=O)[C@@H]1CCCCN1.O=C(O)C(F)(F)F. The molecule has 0 aliphatic carbocycles. The quantitative estimate of drug-likeness (QED) is 0.312. The van der Waals surface area contributed by atoms with E-state index in [-0.39, 0.29) is 40.4 Å². The number of nitrogens with zero attached hydrogens (tertiary/aromatic N) is 2. The summed E-state index contributed by atoms with van der Waals surface area (Å²) in [6.07, 6.45) is -3.53. The highest BCUT2D eigenvalue weighted by atomic mass is 32.1. The first kappa shape index (κ1) is 30.3. The fraction of sp³-hybridized carbons (Fsp3) is 0.632. The van der Waals surface area contributed by atoms with Gasteiger partial charge < -0.3 is 15.7 Å². The molecule has 1 aliphatic rings. The minimum absolute atomic E-state index is 0.116. The number of carbonyl (C=O) groups is 3. The van der Waals surface area contributed by atoms with Crippen LogP contribution in [0.2, 0.25) is 0 Å². The van der Waals surface area contributed by atoms with Crippen molar-refractivity contribution in [3.63, 3.8) is 0 Å². The maximum Gasteiger partial charge on any atom is 0.490 e. The minimum Gasteiger partial charge on any atom is -0.475 e. The first-order valence-corrected chi connectivity index (χ1v) is 11.1. The van der Waals surface area contributed by atoms with Gasteiger partial charge in [-0.15, -0.1) is 10.2 Å². The van der Waals surface area contributed by atoms with Crippen molar-refractivity contribution in [1.82, 2.24) is 20.8 Å². The van der Waals surface area contributed by atoms with Crippen LogP contribution in [0.15, 0.2) is 12.2 Å². The Hall–Kier alpha value is -2.75. The van der Waals surface area contributed by atoms with Gasteiger partial charge in [-0.05, 0) is 31.7 Å². The molecule has 0 unspecified atom stereocenters. The van der Waals surface area contributed by atoms with Gasteiger partial charge in [-0.3, -0.25) is 14.9 Å². The fourth-order valence-electron chi connectivity index (χ4n) is 2.79. The van der Waals surface area contributed by atoms with E-state index in [2.05, 4.69) is 26.1 Å². The largest absolute Gasteiger partial charge is 0.490 e. The van der Waals surface area contributed by atoms with Crippen LogP contribution in [0, 0.1) is 5.92 Å². The van der Waals surface area contributed by atoms with Crippen molar-refractivity contribution in [2.45, 2.75) is 64.0 Å². The van der Waals surface area contributed by atoms with Gasteiger partial charge in [0.05, 0.1) is 6.04 Å². The van der Waals surface area contributed by atoms with Crippen LogP contribution >= 0.6 is 11.3 Å². The number of piperidine rings is 1. The van der Waals surface area contributed by atoms with Crippen LogP contribution in [-0.2, 0) is 20.6 Å². The van der Waals surface area contributed by atoms with E-state index in [4.69, 9.17) is 9.90 Å². The summed E-state index contributed by atoms with van der Waals surface area (Å²) >= 11 is 0.251. The number of carboxylic acid groups (broad SMARTS) is 1. The Morgan fingerprint density at radius 2 is 1.80 bits per heavy atom. The van der Waals surface area contributed by atoms with Crippen LogP contribution in [0.5, 0.6) is 0 Å². The summed E-state index contributed by atoms with van der Waals surface area (Å²) < 4.78 is 69.3. The molecule has 0 radical (unpaired) electrons. The Kier molecular flexibility index (Phi) is 11.6. The van der Waals surface area contributed by atoms with Gasteiger partial charge in [0.1, 0.15) is 0 Å². The van der Waals surface area contributed by atoms with E-state index in [1.54, 1.807) is 6.08 Å². The first-order valence-electron chi connectivity index (χ1n) is 10.3. The van der Waals surface area contributed by atoms with Crippen molar-refractivity contribution >= 4 is 34.3 Å². The van der Waals surface area contributed by atoms with E-state index >= 15 is 0 Å². The Balaban J connectivity index is 0.000000762.